The maximum absolute atomic E-state index is 15.1. The first-order chi connectivity index (χ1) is 16.7. The molecule has 0 unspecified atom stereocenters. The van der Waals surface area contributed by atoms with E-state index in [4.69, 9.17) is 10.00 Å². The van der Waals surface area contributed by atoms with Gasteiger partial charge in [-0.15, -0.1) is 0 Å². The molecule has 0 saturated carbocycles. The molecule has 0 aliphatic carbocycles. The first-order valence-electron chi connectivity index (χ1n) is 11.4. The maximum Gasteiger partial charge on any atom is 0.285 e. The number of halogens is 2. The molecule has 2 aromatic heterocycles. The lowest BCUT2D eigenvalue weighted by molar-refractivity contribution is -0.149. The molecular weight excluding hydrogens is 460 g/mol. The van der Waals surface area contributed by atoms with Crippen molar-refractivity contribution in [2.75, 3.05) is 36.5 Å². The van der Waals surface area contributed by atoms with E-state index >= 15 is 8.78 Å². The Bertz CT molecular complexity index is 1160. The molecule has 10 nitrogen and oxygen atoms in total. The second-order valence-corrected chi connectivity index (χ2v) is 8.93. The average Bonchev–Trinajstić information content (AvgIpc) is 3.20. The zero-order chi connectivity index (χ0) is 25.2. The summed E-state index contributed by atoms with van der Waals surface area (Å²) >= 11 is 0. The highest BCUT2D eigenvalue weighted by Crippen LogP contribution is 2.35. The van der Waals surface area contributed by atoms with E-state index < -0.39 is 30.5 Å². The summed E-state index contributed by atoms with van der Waals surface area (Å²) in [6, 6.07) is 3.61. The molecule has 0 aromatic carbocycles. The Morgan fingerprint density at radius 3 is 2.80 bits per heavy atom. The molecule has 35 heavy (non-hydrogen) atoms. The van der Waals surface area contributed by atoms with Gasteiger partial charge in [-0.3, -0.25) is 9.59 Å². The molecule has 186 valence electrons. The lowest BCUT2D eigenvalue weighted by Crippen LogP contribution is -2.59. The minimum atomic E-state index is -3.13. The van der Waals surface area contributed by atoms with Crippen molar-refractivity contribution in [1.82, 2.24) is 20.1 Å². The number of anilines is 2. The number of H-pyrrole nitrogens is 1. The molecule has 2 aromatic rings. The monoisotopic (exact) mass is 487 g/mol. The van der Waals surface area contributed by atoms with Crippen LogP contribution in [0.3, 0.4) is 0 Å². The first-order valence-corrected chi connectivity index (χ1v) is 11.4. The minimum absolute atomic E-state index is 0.0972. The third-order valence-corrected chi connectivity index (χ3v) is 6.38. The Hall–Kier alpha value is -3.59. The molecule has 2 saturated heterocycles. The van der Waals surface area contributed by atoms with E-state index in [0.29, 0.717) is 35.6 Å². The van der Waals surface area contributed by atoms with Gasteiger partial charge in [-0.1, -0.05) is 0 Å². The number of rotatable bonds is 7. The fourth-order valence-corrected chi connectivity index (χ4v) is 4.46. The Kier molecular flexibility index (Phi) is 6.98. The van der Waals surface area contributed by atoms with Gasteiger partial charge in [-0.2, -0.15) is 10.4 Å². The SMILES string of the molecule is Cc1c(N[C@@H](C)CO[C@@H]2CCN([C@@H]3CCN(c4ccc(C#N)cn4)CC3(F)F)C2=O)cn[nH]c1=O. The quantitative estimate of drug-likeness (QED) is 0.604. The first kappa shape index (κ1) is 24.5. The zero-order valence-corrected chi connectivity index (χ0v) is 19.5. The second kappa shape index (κ2) is 9.95. The number of nitrogens with one attached hydrogen (secondary N) is 2. The van der Waals surface area contributed by atoms with Crippen LogP contribution in [0.5, 0.6) is 0 Å². The highest BCUT2D eigenvalue weighted by Gasteiger charge is 2.51. The maximum atomic E-state index is 15.1. The van der Waals surface area contributed by atoms with Crippen molar-refractivity contribution in [3.05, 3.63) is 46.0 Å². The number of hydrogen-bond acceptors (Lipinski definition) is 8. The molecule has 2 aliphatic heterocycles. The number of ether oxygens (including phenoxy) is 1. The fourth-order valence-electron chi connectivity index (χ4n) is 4.46. The van der Waals surface area contributed by atoms with Gasteiger partial charge in [0.15, 0.2) is 0 Å². The number of piperidine rings is 1. The van der Waals surface area contributed by atoms with Crippen molar-refractivity contribution in [1.29, 1.82) is 5.26 Å². The normalized spacial score (nSPS) is 22.7. The van der Waals surface area contributed by atoms with Crippen molar-refractivity contribution in [3.8, 4) is 6.07 Å². The van der Waals surface area contributed by atoms with E-state index in [1.807, 2.05) is 13.0 Å². The van der Waals surface area contributed by atoms with E-state index in [-0.39, 0.29) is 31.2 Å². The van der Waals surface area contributed by atoms with Gasteiger partial charge < -0.3 is 19.9 Å². The molecule has 12 heteroatoms. The number of nitriles is 1. The lowest BCUT2D eigenvalue weighted by Gasteiger charge is -2.42. The number of carbonyl (C=O) groups is 1. The van der Waals surface area contributed by atoms with E-state index in [2.05, 4.69) is 20.5 Å². The van der Waals surface area contributed by atoms with Gasteiger partial charge in [0, 0.05) is 37.3 Å². The van der Waals surface area contributed by atoms with E-state index in [0.717, 1.165) is 0 Å². The molecule has 0 bridgehead atoms. The van der Waals surface area contributed by atoms with Gasteiger partial charge in [0.05, 0.1) is 36.6 Å². The summed E-state index contributed by atoms with van der Waals surface area (Å²) in [4.78, 5) is 31.4. The van der Waals surface area contributed by atoms with Crippen LogP contribution < -0.4 is 15.8 Å². The number of alkyl halides is 2. The van der Waals surface area contributed by atoms with Crippen LogP contribution in [-0.4, -0.2) is 76.3 Å². The van der Waals surface area contributed by atoms with Crippen LogP contribution in [0, 0.1) is 18.3 Å². The Labute approximate surface area is 200 Å². The molecule has 3 atom stereocenters. The van der Waals surface area contributed by atoms with Crippen molar-refractivity contribution in [2.24, 2.45) is 0 Å². The van der Waals surface area contributed by atoms with Crippen molar-refractivity contribution >= 4 is 17.4 Å². The summed E-state index contributed by atoms with van der Waals surface area (Å²) < 4.78 is 36.0. The number of amides is 1. The smallest absolute Gasteiger partial charge is 0.285 e. The second-order valence-electron chi connectivity index (χ2n) is 8.93. The summed E-state index contributed by atoms with van der Waals surface area (Å²) in [6.45, 7) is 3.62. The number of likely N-dealkylation sites (tertiary alicyclic amines) is 1. The van der Waals surface area contributed by atoms with E-state index in [1.165, 1.54) is 22.2 Å². The molecule has 4 heterocycles. The molecule has 2 N–H and O–H groups in total. The summed E-state index contributed by atoms with van der Waals surface area (Å²) in [6.07, 6.45) is 2.50. The van der Waals surface area contributed by atoms with Crippen LogP contribution in [0.15, 0.2) is 29.3 Å². The van der Waals surface area contributed by atoms with Crippen LogP contribution >= 0.6 is 0 Å². The predicted octanol–water partition coefficient (Wildman–Crippen LogP) is 1.68. The largest absolute Gasteiger partial charge is 0.379 e. The van der Waals surface area contributed by atoms with Crippen LogP contribution in [0.1, 0.15) is 30.9 Å². The standard InChI is InChI=1S/C23H27F2N7O3/c1-14(29-17-11-28-30-21(33)15(17)2)12-35-18-5-8-32(22(18)34)19-6-7-31(13-23(19,24)25)20-4-3-16(9-26)10-27-20/h3-4,10-11,14,18-19H,5-8,12-13H2,1-2H3,(H2,29,30,33)/t14-,18+,19+/m0/s1. The fraction of sp³-hybridized carbons (Fsp3) is 0.522. The minimum Gasteiger partial charge on any atom is -0.379 e. The molecule has 2 fully saturated rings. The molecule has 1 amide bonds. The van der Waals surface area contributed by atoms with Gasteiger partial charge in [0.1, 0.15) is 18.0 Å². The number of nitrogens with zero attached hydrogens (tertiary/aromatic N) is 5. The molecule has 0 spiro atoms. The van der Waals surface area contributed by atoms with E-state index in [1.54, 1.807) is 19.1 Å². The predicted molar refractivity (Wildman–Crippen MR) is 123 cm³/mol. The molecular formula is C23H27F2N7O3. The zero-order valence-electron chi connectivity index (χ0n) is 19.5. The number of aromatic nitrogens is 3. The Morgan fingerprint density at radius 1 is 1.31 bits per heavy atom. The van der Waals surface area contributed by atoms with Gasteiger partial charge >= 0.3 is 0 Å². The number of hydrogen-bond donors (Lipinski definition) is 2. The highest BCUT2D eigenvalue weighted by molar-refractivity contribution is 5.83. The number of aromatic amines is 1. The van der Waals surface area contributed by atoms with Crippen LogP contribution in [0.2, 0.25) is 0 Å². The highest BCUT2D eigenvalue weighted by atomic mass is 19.3. The lowest BCUT2D eigenvalue weighted by atomic mass is 9.99. The molecule has 4 rings (SSSR count). The summed E-state index contributed by atoms with van der Waals surface area (Å²) in [5.74, 6) is -3.18. The van der Waals surface area contributed by atoms with Crippen LogP contribution in [-0.2, 0) is 9.53 Å². The summed E-state index contributed by atoms with van der Waals surface area (Å²) in [7, 11) is 0. The van der Waals surface area contributed by atoms with Crippen molar-refractivity contribution in [3.63, 3.8) is 0 Å². The van der Waals surface area contributed by atoms with Crippen LogP contribution in [0.25, 0.3) is 0 Å². The van der Waals surface area contributed by atoms with Gasteiger partial charge in [-0.05, 0) is 32.4 Å². The van der Waals surface area contributed by atoms with Gasteiger partial charge in [0.2, 0.25) is 0 Å². The van der Waals surface area contributed by atoms with E-state index in [9.17, 15) is 9.59 Å². The average molecular weight is 488 g/mol. The number of pyridine rings is 1. The third-order valence-electron chi connectivity index (χ3n) is 6.38. The third kappa shape index (κ3) is 5.24. The van der Waals surface area contributed by atoms with Gasteiger partial charge in [-0.25, -0.2) is 18.9 Å². The topological polar surface area (TPSA) is 127 Å². The van der Waals surface area contributed by atoms with Crippen molar-refractivity contribution < 1.29 is 18.3 Å². The summed E-state index contributed by atoms with van der Waals surface area (Å²) in [5.41, 5.74) is 1.11. The van der Waals surface area contributed by atoms with Crippen molar-refractivity contribution in [2.45, 2.75) is 50.8 Å². The Morgan fingerprint density at radius 2 is 2.11 bits per heavy atom. The summed E-state index contributed by atoms with van der Waals surface area (Å²) in [5, 5.41) is 18.1. The van der Waals surface area contributed by atoms with Crippen LogP contribution in [0.4, 0.5) is 20.3 Å². The molecule has 0 radical (unpaired) electrons. The Balaban J connectivity index is 1.32. The number of carbonyl (C=O) groups excluding carboxylic acids is 1. The van der Waals surface area contributed by atoms with Gasteiger partial charge in [0.25, 0.3) is 17.4 Å². The molecule has 2 aliphatic rings.